The lowest BCUT2D eigenvalue weighted by molar-refractivity contribution is -0.152. The van der Waals surface area contributed by atoms with Gasteiger partial charge in [-0.1, -0.05) is 30.4 Å². The fraction of sp³-hybridized carbons (Fsp3) is 0.524. The second-order valence-corrected chi connectivity index (χ2v) is 8.45. The molecule has 6 aliphatic rings. The zero-order chi connectivity index (χ0) is 18.4. The third kappa shape index (κ3) is 1.51. The molecule has 1 saturated carbocycles. The van der Waals surface area contributed by atoms with Crippen LogP contribution in [0.2, 0.25) is 0 Å². The number of fused-ring (bicyclic) bond motifs is 3. The molecule has 1 aromatic carbocycles. The molecule has 4 fully saturated rings. The summed E-state index contributed by atoms with van der Waals surface area (Å²) in [6.07, 6.45) is 7.15. The van der Waals surface area contributed by atoms with Crippen LogP contribution >= 0.6 is 0 Å². The largest absolute Gasteiger partial charge is 0.452 e. The van der Waals surface area contributed by atoms with Crippen LogP contribution < -0.4 is 4.90 Å². The van der Waals surface area contributed by atoms with Crippen molar-refractivity contribution >= 4 is 17.7 Å². The quantitative estimate of drug-likeness (QED) is 0.522. The zero-order valence-corrected chi connectivity index (χ0v) is 15.3. The molecule has 0 unspecified atom stereocenters. The molecule has 7 rings (SSSR count). The van der Waals surface area contributed by atoms with Crippen LogP contribution in [0.15, 0.2) is 36.4 Å². The van der Waals surface area contributed by atoms with Crippen LogP contribution in [0.1, 0.15) is 31.2 Å². The molecule has 0 aromatic heterocycles. The number of benzene rings is 1. The number of ether oxygens (including phenoxy) is 2. The van der Waals surface area contributed by atoms with Gasteiger partial charge in [-0.3, -0.25) is 14.6 Å². The highest BCUT2D eigenvalue weighted by Crippen LogP contribution is 2.68. The average Bonchev–Trinajstić information content (AvgIpc) is 3.24. The Morgan fingerprint density at radius 1 is 1.26 bits per heavy atom. The molecule has 0 radical (unpaired) electrons. The molecule has 1 aliphatic carbocycles. The number of rotatable bonds is 0. The van der Waals surface area contributed by atoms with Crippen molar-refractivity contribution in [1.82, 2.24) is 4.90 Å². The summed E-state index contributed by atoms with van der Waals surface area (Å²) in [7, 11) is 1.41. The molecule has 140 valence electrons. The molecule has 4 atom stereocenters. The summed E-state index contributed by atoms with van der Waals surface area (Å²) in [5.74, 6) is -0.511. The molecule has 5 heterocycles. The van der Waals surface area contributed by atoms with E-state index in [-0.39, 0.29) is 17.4 Å². The van der Waals surface area contributed by atoms with Crippen molar-refractivity contribution in [2.75, 3.05) is 25.1 Å². The van der Waals surface area contributed by atoms with Gasteiger partial charge in [0.2, 0.25) is 0 Å². The second-order valence-electron chi connectivity index (χ2n) is 8.45. The van der Waals surface area contributed by atoms with Crippen molar-refractivity contribution in [2.45, 2.75) is 42.4 Å². The minimum Gasteiger partial charge on any atom is -0.452 e. The van der Waals surface area contributed by atoms with Crippen LogP contribution in [-0.2, 0) is 19.9 Å². The number of carbonyl (C=O) groups is 2. The van der Waals surface area contributed by atoms with Crippen LogP contribution in [0.3, 0.4) is 0 Å². The molecule has 5 aliphatic heterocycles. The van der Waals surface area contributed by atoms with E-state index >= 15 is 0 Å². The van der Waals surface area contributed by atoms with E-state index in [1.54, 1.807) is 4.90 Å². The Kier molecular flexibility index (Phi) is 2.75. The van der Waals surface area contributed by atoms with Crippen LogP contribution in [0.25, 0.3) is 0 Å². The maximum absolute atomic E-state index is 13.2. The molecule has 2 spiro atoms. The number of nitrogens with zero attached hydrogens (tertiary/aromatic N) is 2. The number of hydrogen-bond donors (Lipinski definition) is 0. The molecule has 1 aromatic rings. The predicted octanol–water partition coefficient (Wildman–Crippen LogP) is 2.58. The molecular weight excluding hydrogens is 344 g/mol. The van der Waals surface area contributed by atoms with Gasteiger partial charge in [-0.25, -0.2) is 4.79 Å². The van der Waals surface area contributed by atoms with Gasteiger partial charge in [0.15, 0.2) is 5.60 Å². The summed E-state index contributed by atoms with van der Waals surface area (Å²) in [4.78, 5) is 30.4. The maximum Gasteiger partial charge on any atom is 0.414 e. The predicted molar refractivity (Wildman–Crippen MR) is 97.2 cm³/mol. The number of amides is 1. The van der Waals surface area contributed by atoms with Gasteiger partial charge >= 0.3 is 12.1 Å². The molecule has 1 amide bonds. The van der Waals surface area contributed by atoms with Crippen molar-refractivity contribution in [3.05, 3.63) is 42.0 Å². The number of methoxy groups -OCH3 is 1. The van der Waals surface area contributed by atoms with Crippen LogP contribution in [0.4, 0.5) is 10.5 Å². The molecular formula is C21H22N2O4. The lowest BCUT2D eigenvalue weighted by Gasteiger charge is -2.56. The van der Waals surface area contributed by atoms with Gasteiger partial charge in [0.25, 0.3) is 0 Å². The zero-order valence-electron chi connectivity index (χ0n) is 15.3. The Labute approximate surface area is 157 Å². The van der Waals surface area contributed by atoms with Gasteiger partial charge in [0, 0.05) is 30.6 Å². The number of esters is 1. The van der Waals surface area contributed by atoms with E-state index in [2.05, 4.69) is 17.1 Å². The first kappa shape index (κ1) is 15.7. The summed E-state index contributed by atoms with van der Waals surface area (Å²) in [5, 5.41) is 0. The molecule has 0 N–H and O–H groups in total. The highest BCUT2D eigenvalue weighted by molar-refractivity contribution is 5.98. The average molecular weight is 366 g/mol. The Morgan fingerprint density at radius 2 is 2.11 bits per heavy atom. The Balaban J connectivity index is 1.64. The van der Waals surface area contributed by atoms with Gasteiger partial charge in [-0.2, -0.15) is 0 Å². The number of para-hydroxylation sites is 1. The summed E-state index contributed by atoms with van der Waals surface area (Å²) in [6, 6.07) is 7.87. The van der Waals surface area contributed by atoms with E-state index in [0.717, 1.165) is 37.2 Å². The number of carbonyl (C=O) groups excluding carboxylic acids is 2. The third-order valence-electron chi connectivity index (χ3n) is 7.79. The van der Waals surface area contributed by atoms with E-state index in [9.17, 15) is 9.59 Å². The monoisotopic (exact) mass is 366 g/mol. The Bertz CT molecular complexity index is 913. The normalized spacial score (nSPS) is 40.9. The van der Waals surface area contributed by atoms with Gasteiger partial charge in [-0.05, 0) is 25.3 Å². The van der Waals surface area contributed by atoms with Gasteiger partial charge in [0.05, 0.1) is 18.7 Å². The molecule has 4 bridgehead atoms. The minimum atomic E-state index is -0.783. The molecule has 3 saturated heterocycles. The van der Waals surface area contributed by atoms with Crippen molar-refractivity contribution in [2.24, 2.45) is 5.92 Å². The van der Waals surface area contributed by atoms with E-state index in [1.165, 1.54) is 7.11 Å². The van der Waals surface area contributed by atoms with E-state index in [4.69, 9.17) is 9.47 Å². The molecule has 27 heavy (non-hydrogen) atoms. The van der Waals surface area contributed by atoms with Gasteiger partial charge in [0.1, 0.15) is 5.54 Å². The fourth-order valence-electron chi connectivity index (χ4n) is 6.75. The maximum atomic E-state index is 13.2. The van der Waals surface area contributed by atoms with Crippen molar-refractivity contribution in [3.63, 3.8) is 0 Å². The first-order chi connectivity index (χ1) is 13.1. The topological polar surface area (TPSA) is 59.1 Å². The fourth-order valence-corrected chi connectivity index (χ4v) is 6.75. The van der Waals surface area contributed by atoms with Crippen molar-refractivity contribution in [1.29, 1.82) is 0 Å². The summed E-state index contributed by atoms with van der Waals surface area (Å²) < 4.78 is 11.4. The first-order valence-electron chi connectivity index (χ1n) is 9.71. The molecule has 6 heteroatoms. The first-order valence-corrected chi connectivity index (χ1v) is 9.71. The SMILES string of the molecule is COC(=O)N1c2ccccc2[C@]23CCN4CC=C[C@]45CC[C@]12[C@@H](C5)C(=O)O3. The summed E-state index contributed by atoms with van der Waals surface area (Å²) >= 11 is 0. The van der Waals surface area contributed by atoms with Gasteiger partial charge < -0.3 is 9.47 Å². The highest BCUT2D eigenvalue weighted by Gasteiger charge is 2.78. The Hall–Kier alpha value is -2.34. The van der Waals surface area contributed by atoms with E-state index in [0.29, 0.717) is 12.8 Å². The van der Waals surface area contributed by atoms with Gasteiger partial charge in [-0.15, -0.1) is 0 Å². The summed E-state index contributed by atoms with van der Waals surface area (Å²) in [6.45, 7) is 1.77. The van der Waals surface area contributed by atoms with Crippen LogP contribution in [-0.4, -0.2) is 48.2 Å². The number of anilines is 1. The molecule has 6 nitrogen and oxygen atoms in total. The lowest BCUT2D eigenvalue weighted by Crippen LogP contribution is -2.68. The summed E-state index contributed by atoms with van der Waals surface area (Å²) in [5.41, 5.74) is 0.230. The highest BCUT2D eigenvalue weighted by atomic mass is 16.6. The van der Waals surface area contributed by atoms with E-state index < -0.39 is 17.2 Å². The number of hydrogen-bond acceptors (Lipinski definition) is 5. The van der Waals surface area contributed by atoms with Crippen LogP contribution in [0, 0.1) is 5.92 Å². The second kappa shape index (κ2) is 4.73. The minimum absolute atomic E-state index is 0.0813. The van der Waals surface area contributed by atoms with Crippen LogP contribution in [0.5, 0.6) is 0 Å². The van der Waals surface area contributed by atoms with Crippen molar-refractivity contribution in [3.8, 4) is 0 Å². The Morgan fingerprint density at radius 3 is 2.96 bits per heavy atom. The third-order valence-corrected chi connectivity index (χ3v) is 7.79. The lowest BCUT2D eigenvalue weighted by atomic mass is 9.58. The smallest absolute Gasteiger partial charge is 0.414 e. The van der Waals surface area contributed by atoms with Crippen molar-refractivity contribution < 1.29 is 19.1 Å². The van der Waals surface area contributed by atoms with E-state index in [1.807, 2.05) is 24.3 Å². The standard InChI is InChI=1S/C21H22N2O4/c1-26-18(25)23-16-6-3-2-5-14(16)21-10-12-22-11-4-7-19(22)8-9-20(21,23)15(13-19)17(24)27-21/h2-7,15H,8-13H2,1H3/t15-,19+,20+,21+/m0/s1.